The Morgan fingerprint density at radius 2 is 1.64 bits per heavy atom. The first-order valence-corrected chi connectivity index (χ1v) is 9.43. The molecule has 2 aromatic carbocycles. The molecule has 0 aromatic heterocycles. The number of amides is 1. The van der Waals surface area contributed by atoms with E-state index in [9.17, 15) is 9.90 Å². The number of carbonyl (C=O) groups is 1. The first kappa shape index (κ1) is 20.0. The van der Waals surface area contributed by atoms with Crippen LogP contribution in [0.25, 0.3) is 0 Å². The lowest BCUT2D eigenvalue weighted by Gasteiger charge is -2.28. The lowest BCUT2D eigenvalue weighted by molar-refractivity contribution is 0.0173. The third kappa shape index (κ3) is 5.63. The predicted molar refractivity (Wildman–Crippen MR) is 106 cm³/mol. The van der Waals surface area contributed by atoms with Crippen molar-refractivity contribution < 1.29 is 24.1 Å². The standard InChI is InChI=1S/C22H27NO5/c1-22(2,3)28-21(25)23-14-17(24)13-16(23)15-26-18-9-11-20(12-10-18)27-19-7-5-4-6-8-19/h4-12,16-17,24H,13-15H2,1-3H3/t16-,17+/m0/s1. The highest BCUT2D eigenvalue weighted by atomic mass is 16.6. The first-order chi connectivity index (χ1) is 13.3. The highest BCUT2D eigenvalue weighted by molar-refractivity contribution is 5.69. The molecule has 6 nitrogen and oxygen atoms in total. The monoisotopic (exact) mass is 385 g/mol. The molecule has 1 amide bonds. The Bertz CT molecular complexity index is 770. The molecule has 6 heteroatoms. The van der Waals surface area contributed by atoms with E-state index < -0.39 is 17.8 Å². The summed E-state index contributed by atoms with van der Waals surface area (Å²) in [5.74, 6) is 2.15. The van der Waals surface area contributed by atoms with E-state index in [1.54, 1.807) is 4.90 Å². The summed E-state index contributed by atoms with van der Waals surface area (Å²) >= 11 is 0. The number of para-hydroxylation sites is 1. The lowest BCUT2D eigenvalue weighted by Crippen LogP contribution is -2.42. The van der Waals surface area contributed by atoms with Gasteiger partial charge in [0.25, 0.3) is 0 Å². The molecule has 1 aliphatic heterocycles. The van der Waals surface area contributed by atoms with Crippen molar-refractivity contribution in [1.82, 2.24) is 4.90 Å². The van der Waals surface area contributed by atoms with E-state index in [2.05, 4.69) is 0 Å². The molecule has 1 heterocycles. The molecule has 0 spiro atoms. The van der Waals surface area contributed by atoms with Crippen LogP contribution in [0, 0.1) is 0 Å². The molecule has 0 bridgehead atoms. The van der Waals surface area contributed by atoms with Crippen LogP contribution in [0.2, 0.25) is 0 Å². The second-order valence-corrected chi connectivity index (χ2v) is 7.87. The van der Waals surface area contributed by atoms with E-state index in [1.807, 2.05) is 75.4 Å². The summed E-state index contributed by atoms with van der Waals surface area (Å²) in [7, 11) is 0. The number of likely N-dealkylation sites (tertiary alicyclic amines) is 1. The van der Waals surface area contributed by atoms with E-state index >= 15 is 0 Å². The van der Waals surface area contributed by atoms with Crippen LogP contribution in [0.3, 0.4) is 0 Å². The molecule has 2 atom stereocenters. The number of carbonyl (C=O) groups excluding carboxylic acids is 1. The van der Waals surface area contributed by atoms with Gasteiger partial charge in [-0.2, -0.15) is 0 Å². The number of ether oxygens (including phenoxy) is 3. The van der Waals surface area contributed by atoms with Crippen molar-refractivity contribution in [2.75, 3.05) is 13.2 Å². The molecule has 1 N–H and O–H groups in total. The summed E-state index contributed by atoms with van der Waals surface area (Å²) in [6, 6.07) is 16.6. The van der Waals surface area contributed by atoms with Crippen molar-refractivity contribution in [2.45, 2.75) is 44.9 Å². The summed E-state index contributed by atoms with van der Waals surface area (Å²) in [6.07, 6.45) is -0.527. The van der Waals surface area contributed by atoms with Crippen molar-refractivity contribution >= 4 is 6.09 Å². The largest absolute Gasteiger partial charge is 0.491 e. The van der Waals surface area contributed by atoms with Crippen LogP contribution in [0.15, 0.2) is 54.6 Å². The molecular weight excluding hydrogens is 358 g/mol. The molecule has 0 radical (unpaired) electrons. The van der Waals surface area contributed by atoms with Crippen molar-refractivity contribution in [1.29, 1.82) is 0 Å². The number of hydrogen-bond acceptors (Lipinski definition) is 5. The smallest absolute Gasteiger partial charge is 0.410 e. The molecule has 3 rings (SSSR count). The maximum absolute atomic E-state index is 12.4. The number of benzene rings is 2. The maximum Gasteiger partial charge on any atom is 0.410 e. The molecule has 1 fully saturated rings. The minimum Gasteiger partial charge on any atom is -0.491 e. The Hall–Kier alpha value is -2.73. The SMILES string of the molecule is CC(C)(C)OC(=O)N1C[C@H](O)C[C@H]1COc1ccc(Oc2ccccc2)cc1. The average molecular weight is 385 g/mol. The number of hydrogen-bond donors (Lipinski definition) is 1. The zero-order chi connectivity index (χ0) is 20.1. The molecule has 1 saturated heterocycles. The molecular formula is C22H27NO5. The van der Waals surface area contributed by atoms with Crippen LogP contribution in [0.1, 0.15) is 27.2 Å². The molecule has 2 aromatic rings. The van der Waals surface area contributed by atoms with E-state index in [0.717, 1.165) is 5.75 Å². The van der Waals surface area contributed by atoms with Gasteiger partial charge >= 0.3 is 6.09 Å². The van der Waals surface area contributed by atoms with Crippen LogP contribution >= 0.6 is 0 Å². The number of nitrogens with zero attached hydrogens (tertiary/aromatic N) is 1. The molecule has 1 aliphatic rings. The highest BCUT2D eigenvalue weighted by Crippen LogP contribution is 2.25. The van der Waals surface area contributed by atoms with Crippen molar-refractivity contribution in [2.24, 2.45) is 0 Å². The zero-order valence-electron chi connectivity index (χ0n) is 16.5. The maximum atomic E-state index is 12.4. The summed E-state index contributed by atoms with van der Waals surface area (Å²) in [5, 5.41) is 9.97. The molecule has 0 saturated carbocycles. The average Bonchev–Trinajstić information content (AvgIpc) is 3.02. The fourth-order valence-corrected chi connectivity index (χ4v) is 3.02. The fourth-order valence-electron chi connectivity index (χ4n) is 3.02. The van der Waals surface area contributed by atoms with E-state index in [0.29, 0.717) is 17.9 Å². The predicted octanol–water partition coefficient (Wildman–Crippen LogP) is 4.23. The number of rotatable bonds is 5. The second-order valence-electron chi connectivity index (χ2n) is 7.87. The van der Waals surface area contributed by atoms with Crippen LogP contribution < -0.4 is 9.47 Å². The number of aliphatic hydroxyl groups is 1. The Morgan fingerprint density at radius 1 is 1.04 bits per heavy atom. The van der Waals surface area contributed by atoms with E-state index in [4.69, 9.17) is 14.2 Å². The third-order valence-corrected chi connectivity index (χ3v) is 4.27. The van der Waals surface area contributed by atoms with E-state index in [-0.39, 0.29) is 19.2 Å². The van der Waals surface area contributed by atoms with Gasteiger partial charge in [0.1, 0.15) is 29.5 Å². The summed E-state index contributed by atoms with van der Waals surface area (Å²) in [4.78, 5) is 13.9. The normalized spacial score (nSPS) is 19.4. The topological polar surface area (TPSA) is 68.2 Å². The van der Waals surface area contributed by atoms with Crippen LogP contribution in [0.5, 0.6) is 17.2 Å². The van der Waals surface area contributed by atoms with Gasteiger partial charge in [0.15, 0.2) is 0 Å². The van der Waals surface area contributed by atoms with Crippen LogP contribution in [-0.2, 0) is 4.74 Å². The van der Waals surface area contributed by atoms with Gasteiger partial charge in [-0.3, -0.25) is 4.90 Å². The van der Waals surface area contributed by atoms with Crippen LogP contribution in [-0.4, -0.2) is 47.0 Å². The second kappa shape index (κ2) is 8.52. The Balaban J connectivity index is 1.55. The Labute approximate surface area is 165 Å². The van der Waals surface area contributed by atoms with Gasteiger partial charge in [-0.15, -0.1) is 0 Å². The fraction of sp³-hybridized carbons (Fsp3) is 0.409. The summed E-state index contributed by atoms with van der Waals surface area (Å²) in [5.41, 5.74) is -0.579. The quantitative estimate of drug-likeness (QED) is 0.834. The summed E-state index contributed by atoms with van der Waals surface area (Å²) < 4.78 is 17.0. The zero-order valence-corrected chi connectivity index (χ0v) is 16.5. The van der Waals surface area contributed by atoms with Gasteiger partial charge in [-0.25, -0.2) is 4.79 Å². The van der Waals surface area contributed by atoms with Gasteiger partial charge in [-0.05, 0) is 63.6 Å². The molecule has 0 unspecified atom stereocenters. The first-order valence-electron chi connectivity index (χ1n) is 9.43. The van der Waals surface area contributed by atoms with Gasteiger partial charge in [0.2, 0.25) is 0 Å². The summed E-state index contributed by atoms with van der Waals surface area (Å²) in [6.45, 7) is 6.01. The lowest BCUT2D eigenvalue weighted by atomic mass is 10.2. The van der Waals surface area contributed by atoms with Gasteiger partial charge in [-0.1, -0.05) is 18.2 Å². The van der Waals surface area contributed by atoms with Gasteiger partial charge in [0, 0.05) is 0 Å². The minimum absolute atomic E-state index is 0.231. The third-order valence-electron chi connectivity index (χ3n) is 4.27. The molecule has 28 heavy (non-hydrogen) atoms. The number of aliphatic hydroxyl groups excluding tert-OH is 1. The van der Waals surface area contributed by atoms with Crippen molar-refractivity contribution in [3.63, 3.8) is 0 Å². The molecule has 150 valence electrons. The van der Waals surface area contributed by atoms with Crippen molar-refractivity contribution in [3.8, 4) is 17.2 Å². The number of β-amino-alcohol motifs (C(OH)–C–C–N with tert-alkyl or cyclic N) is 1. The van der Waals surface area contributed by atoms with Gasteiger partial charge < -0.3 is 19.3 Å². The minimum atomic E-state index is -0.579. The highest BCUT2D eigenvalue weighted by Gasteiger charge is 2.37. The Kier molecular flexibility index (Phi) is 6.09. The molecule has 0 aliphatic carbocycles. The van der Waals surface area contributed by atoms with Crippen LogP contribution in [0.4, 0.5) is 4.79 Å². The van der Waals surface area contributed by atoms with Crippen molar-refractivity contribution in [3.05, 3.63) is 54.6 Å². The van der Waals surface area contributed by atoms with Gasteiger partial charge in [0.05, 0.1) is 18.7 Å². The Morgan fingerprint density at radius 3 is 2.29 bits per heavy atom. The van der Waals surface area contributed by atoms with E-state index in [1.165, 1.54) is 0 Å².